The van der Waals surface area contributed by atoms with Crippen molar-refractivity contribution in [3.63, 3.8) is 0 Å². The van der Waals surface area contributed by atoms with Crippen LogP contribution in [0.3, 0.4) is 0 Å². The molecule has 0 saturated heterocycles. The molecule has 2 heterocycles. The number of anilines is 1. The average molecular weight is 361 g/mol. The van der Waals surface area contributed by atoms with Crippen LogP contribution < -0.4 is 10.9 Å². The molecule has 0 radical (unpaired) electrons. The highest BCUT2D eigenvalue weighted by molar-refractivity contribution is 6.10. The molecule has 0 atom stereocenters. The van der Waals surface area contributed by atoms with Gasteiger partial charge in [-0.05, 0) is 32.0 Å². The first kappa shape index (κ1) is 17.0. The number of hydrogen-bond acceptors (Lipinski definition) is 4. The monoisotopic (exact) mass is 361 g/mol. The number of fused-ring (bicyclic) bond motifs is 2. The van der Waals surface area contributed by atoms with E-state index in [1.807, 2.05) is 42.7 Å². The molecule has 0 fully saturated rings. The van der Waals surface area contributed by atoms with Crippen molar-refractivity contribution in [3.8, 4) is 0 Å². The van der Waals surface area contributed by atoms with Crippen LogP contribution in [0.2, 0.25) is 0 Å². The minimum atomic E-state index is -0.390. The third-order valence-electron chi connectivity index (χ3n) is 4.58. The number of aryl methyl sites for hydroxylation is 2. The fraction of sp³-hybridized carbons (Fsp3) is 0.200. The van der Waals surface area contributed by atoms with Crippen molar-refractivity contribution in [2.45, 2.75) is 26.9 Å². The second kappa shape index (κ2) is 6.68. The van der Waals surface area contributed by atoms with E-state index in [0.29, 0.717) is 29.8 Å². The Morgan fingerprint density at radius 1 is 1.00 bits per heavy atom. The van der Waals surface area contributed by atoms with Crippen molar-refractivity contribution in [1.82, 2.24) is 19.3 Å². The summed E-state index contributed by atoms with van der Waals surface area (Å²) < 4.78 is 3.24. The summed E-state index contributed by atoms with van der Waals surface area (Å²) >= 11 is 0. The third-order valence-corrected chi connectivity index (χ3v) is 4.58. The predicted octanol–water partition coefficient (Wildman–Crippen LogP) is 3.04. The summed E-state index contributed by atoms with van der Waals surface area (Å²) in [6.07, 6.45) is 0. The van der Waals surface area contributed by atoms with Crippen molar-refractivity contribution >= 4 is 33.7 Å². The summed E-state index contributed by atoms with van der Waals surface area (Å²) in [7, 11) is 0. The number of nitrogens with zero attached hydrogens (tertiary/aromatic N) is 4. The van der Waals surface area contributed by atoms with E-state index >= 15 is 0 Å². The highest BCUT2D eigenvalue weighted by Gasteiger charge is 2.19. The number of aromatic nitrogens is 4. The first-order chi connectivity index (χ1) is 13.1. The van der Waals surface area contributed by atoms with Gasteiger partial charge in [0.1, 0.15) is 0 Å². The van der Waals surface area contributed by atoms with E-state index in [4.69, 9.17) is 0 Å². The lowest BCUT2D eigenvalue weighted by atomic mass is 10.1. The summed E-state index contributed by atoms with van der Waals surface area (Å²) in [6, 6.07) is 14.7. The zero-order chi connectivity index (χ0) is 19.0. The molecule has 4 aromatic rings. The Morgan fingerprint density at radius 3 is 2.44 bits per heavy atom. The van der Waals surface area contributed by atoms with Crippen LogP contribution in [0, 0.1) is 0 Å². The molecule has 0 aliphatic rings. The number of imidazole rings is 1. The van der Waals surface area contributed by atoms with E-state index in [9.17, 15) is 9.59 Å². The zero-order valence-corrected chi connectivity index (χ0v) is 15.1. The lowest BCUT2D eigenvalue weighted by Gasteiger charge is -2.11. The van der Waals surface area contributed by atoms with Crippen molar-refractivity contribution < 1.29 is 4.79 Å². The van der Waals surface area contributed by atoms with E-state index in [0.717, 1.165) is 11.0 Å². The maximum Gasteiger partial charge on any atom is 0.279 e. The second-order valence-electron chi connectivity index (χ2n) is 6.14. The maximum absolute atomic E-state index is 13.0. The number of carbonyl (C=O) groups is 1. The summed E-state index contributed by atoms with van der Waals surface area (Å²) in [5.41, 5.74) is 1.77. The molecule has 0 aliphatic heterocycles. The van der Waals surface area contributed by atoms with Gasteiger partial charge in [0.05, 0.1) is 16.4 Å². The van der Waals surface area contributed by atoms with E-state index in [2.05, 4.69) is 15.4 Å². The second-order valence-corrected chi connectivity index (χ2v) is 6.14. The van der Waals surface area contributed by atoms with Crippen LogP contribution in [0.1, 0.15) is 24.3 Å². The molecule has 1 amide bonds. The minimum absolute atomic E-state index is 0.203. The number of amides is 1. The first-order valence-corrected chi connectivity index (χ1v) is 8.90. The van der Waals surface area contributed by atoms with E-state index < -0.39 is 5.91 Å². The van der Waals surface area contributed by atoms with Gasteiger partial charge in [-0.2, -0.15) is 5.10 Å². The van der Waals surface area contributed by atoms with Gasteiger partial charge in [0.25, 0.3) is 11.5 Å². The molecular formula is C20H19N5O2. The van der Waals surface area contributed by atoms with Gasteiger partial charge in [-0.25, -0.2) is 9.67 Å². The van der Waals surface area contributed by atoms with Gasteiger partial charge in [0.15, 0.2) is 5.69 Å². The minimum Gasteiger partial charge on any atom is -0.310 e. The fourth-order valence-electron chi connectivity index (χ4n) is 3.27. The molecule has 136 valence electrons. The fourth-order valence-corrected chi connectivity index (χ4v) is 3.27. The Morgan fingerprint density at radius 2 is 1.70 bits per heavy atom. The number of nitrogens with one attached hydrogen (secondary N) is 1. The molecule has 0 saturated carbocycles. The lowest BCUT2D eigenvalue weighted by molar-refractivity contribution is 0.102. The smallest absolute Gasteiger partial charge is 0.279 e. The van der Waals surface area contributed by atoms with Crippen molar-refractivity contribution in [2.75, 3.05) is 5.32 Å². The Labute approximate surface area is 155 Å². The Kier molecular flexibility index (Phi) is 4.19. The number of rotatable bonds is 4. The van der Waals surface area contributed by atoms with Gasteiger partial charge in [-0.15, -0.1) is 0 Å². The number of hydrogen-bond donors (Lipinski definition) is 1. The van der Waals surface area contributed by atoms with Crippen LogP contribution in [-0.4, -0.2) is 25.2 Å². The molecule has 7 nitrogen and oxygen atoms in total. The lowest BCUT2D eigenvalue weighted by Crippen LogP contribution is -2.27. The van der Waals surface area contributed by atoms with Crippen LogP contribution >= 0.6 is 0 Å². The summed E-state index contributed by atoms with van der Waals surface area (Å²) in [6.45, 7) is 4.87. The SMILES string of the molecule is CCn1nc(C(=O)Nc2nc3ccccc3n2CC)c2ccccc2c1=O. The summed E-state index contributed by atoms with van der Waals surface area (Å²) in [5.74, 6) is 0.0715. The topological polar surface area (TPSA) is 81.8 Å². The van der Waals surface area contributed by atoms with E-state index in [-0.39, 0.29) is 11.3 Å². The van der Waals surface area contributed by atoms with Crippen LogP contribution in [0.15, 0.2) is 53.3 Å². The molecule has 4 rings (SSSR count). The molecule has 0 bridgehead atoms. The summed E-state index contributed by atoms with van der Waals surface area (Å²) in [5, 5.41) is 8.15. The van der Waals surface area contributed by atoms with Crippen LogP contribution in [0.4, 0.5) is 5.95 Å². The van der Waals surface area contributed by atoms with Gasteiger partial charge >= 0.3 is 0 Å². The Hall–Kier alpha value is -3.48. The van der Waals surface area contributed by atoms with Crippen LogP contribution in [-0.2, 0) is 13.1 Å². The van der Waals surface area contributed by atoms with Crippen molar-refractivity contribution in [1.29, 1.82) is 0 Å². The van der Waals surface area contributed by atoms with Crippen molar-refractivity contribution in [3.05, 3.63) is 64.6 Å². The zero-order valence-electron chi connectivity index (χ0n) is 15.1. The number of benzene rings is 2. The average Bonchev–Trinajstić information content (AvgIpc) is 3.05. The quantitative estimate of drug-likeness (QED) is 0.606. The Bertz CT molecular complexity index is 1220. The molecular weight excluding hydrogens is 342 g/mol. The van der Waals surface area contributed by atoms with Crippen molar-refractivity contribution in [2.24, 2.45) is 0 Å². The molecule has 0 unspecified atom stereocenters. The third kappa shape index (κ3) is 2.77. The molecule has 2 aromatic heterocycles. The standard InChI is InChI=1S/C20H19N5O2/c1-3-24-16-12-8-7-11-15(16)21-20(24)22-18(26)17-13-9-5-6-10-14(13)19(27)25(4-2)23-17/h5-12H,3-4H2,1-2H3,(H,21,22,26). The highest BCUT2D eigenvalue weighted by atomic mass is 16.2. The van der Waals surface area contributed by atoms with Crippen LogP contribution in [0.5, 0.6) is 0 Å². The molecule has 0 spiro atoms. The number of para-hydroxylation sites is 2. The largest absolute Gasteiger partial charge is 0.310 e. The molecule has 2 aromatic carbocycles. The normalized spacial score (nSPS) is 11.2. The van der Waals surface area contributed by atoms with E-state index in [1.54, 1.807) is 24.3 Å². The number of carbonyl (C=O) groups excluding carboxylic acids is 1. The van der Waals surface area contributed by atoms with Crippen LogP contribution in [0.25, 0.3) is 21.8 Å². The van der Waals surface area contributed by atoms with E-state index in [1.165, 1.54) is 4.68 Å². The molecule has 27 heavy (non-hydrogen) atoms. The van der Waals surface area contributed by atoms with Gasteiger partial charge in [0.2, 0.25) is 5.95 Å². The molecule has 1 N–H and O–H groups in total. The molecule has 0 aliphatic carbocycles. The van der Waals surface area contributed by atoms with Gasteiger partial charge in [-0.3, -0.25) is 14.9 Å². The van der Waals surface area contributed by atoms with Gasteiger partial charge in [-0.1, -0.05) is 30.3 Å². The van der Waals surface area contributed by atoms with Gasteiger partial charge in [0, 0.05) is 18.5 Å². The predicted molar refractivity (Wildman–Crippen MR) is 105 cm³/mol. The Balaban J connectivity index is 1.83. The molecule has 7 heteroatoms. The van der Waals surface area contributed by atoms with Gasteiger partial charge < -0.3 is 4.57 Å². The summed E-state index contributed by atoms with van der Waals surface area (Å²) in [4.78, 5) is 30.0. The highest BCUT2D eigenvalue weighted by Crippen LogP contribution is 2.21. The maximum atomic E-state index is 13.0. The first-order valence-electron chi connectivity index (χ1n) is 8.90.